The molecular weight excluding hydrogens is 154 g/mol. The molecule has 0 atom stereocenters. The molecule has 4 heteroatoms. The summed E-state index contributed by atoms with van der Waals surface area (Å²) in [4.78, 5) is 11.3. The van der Waals surface area contributed by atoms with Gasteiger partial charge in [0.1, 0.15) is 5.69 Å². The van der Waals surface area contributed by atoms with Crippen LogP contribution in [0.5, 0.6) is 0 Å². The van der Waals surface area contributed by atoms with Gasteiger partial charge >= 0.3 is 0 Å². The monoisotopic (exact) mass is 165 g/mol. The molecule has 0 aliphatic heterocycles. The van der Waals surface area contributed by atoms with Crippen molar-refractivity contribution in [3.05, 3.63) is 30.1 Å². The van der Waals surface area contributed by atoms with Crippen LogP contribution < -0.4 is 5.32 Å². The highest BCUT2D eigenvalue weighted by Crippen LogP contribution is 2.00. The van der Waals surface area contributed by atoms with Gasteiger partial charge in [-0.05, 0) is 12.5 Å². The van der Waals surface area contributed by atoms with Crippen molar-refractivity contribution in [2.24, 2.45) is 0 Å². The highest BCUT2D eigenvalue weighted by atomic mass is 16.1. The summed E-state index contributed by atoms with van der Waals surface area (Å²) in [7, 11) is 0. The number of hydrogen-bond acceptors (Lipinski definition) is 2. The van der Waals surface area contributed by atoms with Crippen LogP contribution in [0.15, 0.2) is 18.9 Å². The number of aromatic amines is 1. The van der Waals surface area contributed by atoms with E-state index in [9.17, 15) is 4.79 Å². The third-order valence-corrected chi connectivity index (χ3v) is 1.46. The van der Waals surface area contributed by atoms with Gasteiger partial charge in [-0.3, -0.25) is 9.89 Å². The molecule has 0 spiro atoms. The lowest BCUT2D eigenvalue weighted by atomic mass is 10.2. The summed E-state index contributed by atoms with van der Waals surface area (Å²) in [6.07, 6.45) is 3.24. The van der Waals surface area contributed by atoms with Crippen LogP contribution in [0, 0.1) is 6.92 Å². The largest absolute Gasteiger partial charge is 0.347 e. The van der Waals surface area contributed by atoms with Gasteiger partial charge < -0.3 is 5.32 Å². The van der Waals surface area contributed by atoms with Crippen LogP contribution in [0.2, 0.25) is 0 Å². The van der Waals surface area contributed by atoms with E-state index in [-0.39, 0.29) is 5.91 Å². The zero-order chi connectivity index (χ0) is 8.97. The van der Waals surface area contributed by atoms with Crippen LogP contribution in [-0.4, -0.2) is 22.6 Å². The number of aromatic nitrogens is 2. The first-order valence-corrected chi connectivity index (χ1v) is 3.64. The average molecular weight is 165 g/mol. The molecule has 0 aliphatic carbocycles. The second-order valence-corrected chi connectivity index (χ2v) is 2.43. The first kappa shape index (κ1) is 8.52. The standard InChI is InChI=1S/C8H11N3O/c1-3-4-9-8(12)7-6(2)5-10-11-7/h3,5H,1,4H2,2H3,(H,9,12)(H,10,11). The van der Waals surface area contributed by atoms with Gasteiger partial charge in [0, 0.05) is 6.54 Å². The fourth-order valence-electron chi connectivity index (χ4n) is 0.829. The van der Waals surface area contributed by atoms with Crippen molar-refractivity contribution < 1.29 is 4.79 Å². The Morgan fingerprint density at radius 1 is 1.92 bits per heavy atom. The number of nitrogens with zero attached hydrogens (tertiary/aromatic N) is 1. The van der Waals surface area contributed by atoms with Gasteiger partial charge in [-0.1, -0.05) is 6.08 Å². The second kappa shape index (κ2) is 3.71. The summed E-state index contributed by atoms with van der Waals surface area (Å²) < 4.78 is 0. The van der Waals surface area contributed by atoms with E-state index in [1.807, 2.05) is 6.92 Å². The van der Waals surface area contributed by atoms with Crippen molar-refractivity contribution in [3.8, 4) is 0 Å². The first-order valence-electron chi connectivity index (χ1n) is 3.64. The number of aryl methyl sites for hydroxylation is 1. The number of carbonyl (C=O) groups is 1. The molecule has 1 aromatic rings. The topological polar surface area (TPSA) is 57.8 Å². The number of H-pyrrole nitrogens is 1. The van der Waals surface area contributed by atoms with Gasteiger partial charge in [0.2, 0.25) is 0 Å². The summed E-state index contributed by atoms with van der Waals surface area (Å²) in [6, 6.07) is 0. The van der Waals surface area contributed by atoms with Crippen molar-refractivity contribution in [2.45, 2.75) is 6.92 Å². The Balaban J connectivity index is 2.65. The Bertz CT molecular complexity index is 290. The molecule has 0 fully saturated rings. The van der Waals surface area contributed by atoms with Gasteiger partial charge in [-0.15, -0.1) is 6.58 Å². The van der Waals surface area contributed by atoms with Crippen molar-refractivity contribution in [2.75, 3.05) is 6.54 Å². The van der Waals surface area contributed by atoms with E-state index >= 15 is 0 Å². The minimum Gasteiger partial charge on any atom is -0.347 e. The zero-order valence-electron chi connectivity index (χ0n) is 6.92. The van der Waals surface area contributed by atoms with Crippen LogP contribution in [0.3, 0.4) is 0 Å². The third kappa shape index (κ3) is 1.72. The molecule has 0 saturated carbocycles. The molecule has 0 unspecified atom stereocenters. The summed E-state index contributed by atoms with van der Waals surface area (Å²) in [5.74, 6) is -0.148. The van der Waals surface area contributed by atoms with Crippen LogP contribution in [0.4, 0.5) is 0 Å². The highest BCUT2D eigenvalue weighted by molar-refractivity contribution is 5.93. The van der Waals surface area contributed by atoms with Crippen LogP contribution >= 0.6 is 0 Å². The van der Waals surface area contributed by atoms with E-state index in [1.54, 1.807) is 12.3 Å². The molecule has 1 rings (SSSR count). The summed E-state index contributed by atoms with van der Waals surface area (Å²) >= 11 is 0. The van der Waals surface area contributed by atoms with E-state index in [1.165, 1.54) is 0 Å². The van der Waals surface area contributed by atoms with Crippen molar-refractivity contribution in [1.82, 2.24) is 15.5 Å². The molecule has 1 heterocycles. The maximum Gasteiger partial charge on any atom is 0.269 e. The lowest BCUT2D eigenvalue weighted by molar-refractivity contribution is 0.0952. The first-order chi connectivity index (χ1) is 5.75. The molecular formula is C8H11N3O. The van der Waals surface area contributed by atoms with Crippen LogP contribution in [0.25, 0.3) is 0 Å². The normalized spacial score (nSPS) is 9.42. The number of hydrogen-bond donors (Lipinski definition) is 2. The molecule has 12 heavy (non-hydrogen) atoms. The Hall–Kier alpha value is -1.58. The van der Waals surface area contributed by atoms with E-state index in [2.05, 4.69) is 22.1 Å². The molecule has 2 N–H and O–H groups in total. The minimum atomic E-state index is -0.148. The van der Waals surface area contributed by atoms with Crippen molar-refractivity contribution in [1.29, 1.82) is 0 Å². The molecule has 0 aromatic carbocycles. The lowest BCUT2D eigenvalue weighted by Gasteiger charge is -1.99. The van der Waals surface area contributed by atoms with Crippen LogP contribution in [0.1, 0.15) is 16.1 Å². The quantitative estimate of drug-likeness (QED) is 0.645. The smallest absolute Gasteiger partial charge is 0.269 e. The Morgan fingerprint density at radius 2 is 2.67 bits per heavy atom. The molecule has 0 aliphatic rings. The van der Waals surface area contributed by atoms with Crippen molar-refractivity contribution in [3.63, 3.8) is 0 Å². The summed E-state index contributed by atoms with van der Waals surface area (Å²) in [5.41, 5.74) is 1.36. The Morgan fingerprint density at radius 3 is 3.17 bits per heavy atom. The van der Waals surface area contributed by atoms with Crippen LogP contribution in [-0.2, 0) is 0 Å². The van der Waals surface area contributed by atoms with E-state index in [4.69, 9.17) is 0 Å². The molecule has 0 radical (unpaired) electrons. The second-order valence-electron chi connectivity index (χ2n) is 2.43. The highest BCUT2D eigenvalue weighted by Gasteiger charge is 2.08. The number of amides is 1. The molecule has 64 valence electrons. The average Bonchev–Trinajstić information content (AvgIpc) is 2.47. The van der Waals surface area contributed by atoms with Gasteiger partial charge in [0.15, 0.2) is 0 Å². The Labute approximate surface area is 70.7 Å². The maximum absolute atomic E-state index is 11.3. The Kier molecular flexibility index (Phi) is 2.63. The van der Waals surface area contributed by atoms with Gasteiger partial charge in [0.25, 0.3) is 5.91 Å². The molecule has 4 nitrogen and oxygen atoms in total. The van der Waals surface area contributed by atoms with E-state index in [0.29, 0.717) is 12.2 Å². The molecule has 1 aromatic heterocycles. The summed E-state index contributed by atoms with van der Waals surface area (Å²) in [6.45, 7) is 5.79. The SMILES string of the molecule is C=CCNC(=O)c1[nH]ncc1C. The fourth-order valence-corrected chi connectivity index (χ4v) is 0.829. The number of rotatable bonds is 3. The third-order valence-electron chi connectivity index (χ3n) is 1.46. The molecule has 1 amide bonds. The maximum atomic E-state index is 11.3. The van der Waals surface area contributed by atoms with Gasteiger partial charge in [-0.25, -0.2) is 0 Å². The predicted molar refractivity (Wildman–Crippen MR) is 45.9 cm³/mol. The van der Waals surface area contributed by atoms with Gasteiger partial charge in [-0.2, -0.15) is 5.10 Å². The predicted octanol–water partition coefficient (Wildman–Crippen LogP) is 0.634. The number of nitrogens with one attached hydrogen (secondary N) is 2. The molecule has 0 saturated heterocycles. The lowest BCUT2D eigenvalue weighted by Crippen LogP contribution is -2.24. The zero-order valence-corrected chi connectivity index (χ0v) is 6.92. The van der Waals surface area contributed by atoms with Gasteiger partial charge in [0.05, 0.1) is 6.20 Å². The fraction of sp³-hybridized carbons (Fsp3) is 0.250. The molecule has 0 bridgehead atoms. The summed E-state index contributed by atoms with van der Waals surface area (Å²) in [5, 5.41) is 9.00. The van der Waals surface area contributed by atoms with E-state index in [0.717, 1.165) is 5.56 Å². The minimum absolute atomic E-state index is 0.148. The van der Waals surface area contributed by atoms with E-state index < -0.39 is 0 Å². The number of carbonyl (C=O) groups excluding carboxylic acids is 1. The van der Waals surface area contributed by atoms with Crippen molar-refractivity contribution >= 4 is 5.91 Å².